The summed E-state index contributed by atoms with van der Waals surface area (Å²) in [7, 11) is 0. The third-order valence-electron chi connectivity index (χ3n) is 2.73. The third kappa shape index (κ3) is 2.80. The molecule has 0 atom stereocenters. The van der Waals surface area contributed by atoms with Crippen LogP contribution < -0.4 is 5.32 Å². The summed E-state index contributed by atoms with van der Waals surface area (Å²) in [6.07, 6.45) is 5.25. The number of benzene rings is 1. The minimum absolute atomic E-state index is 0.666. The Balaban J connectivity index is 1.80. The van der Waals surface area contributed by atoms with Gasteiger partial charge in [-0.1, -0.05) is 11.6 Å². The summed E-state index contributed by atoms with van der Waals surface area (Å²) < 4.78 is 0. The highest BCUT2D eigenvalue weighted by atomic mass is 35.5. The van der Waals surface area contributed by atoms with Crippen LogP contribution in [0.1, 0.15) is 5.56 Å². The lowest BCUT2D eigenvalue weighted by Crippen LogP contribution is -2.02. The number of nitrogens with one attached hydrogen (secondary N) is 1. The van der Waals surface area contributed by atoms with E-state index >= 15 is 0 Å². The summed E-state index contributed by atoms with van der Waals surface area (Å²) in [5.74, 6) is 0.742. The fourth-order valence-corrected chi connectivity index (χ4v) is 1.93. The molecule has 0 fully saturated rings. The maximum atomic E-state index is 5.91. The van der Waals surface area contributed by atoms with E-state index in [0.29, 0.717) is 11.6 Å². The zero-order valence-corrected chi connectivity index (χ0v) is 10.8. The molecule has 0 aliphatic heterocycles. The Bertz CT molecular complexity index is 700. The van der Waals surface area contributed by atoms with Crippen LogP contribution in [0.3, 0.4) is 0 Å². The summed E-state index contributed by atoms with van der Waals surface area (Å²) in [4.78, 5) is 12.8. The van der Waals surface area contributed by atoms with Gasteiger partial charge in [0.1, 0.15) is 5.82 Å². The molecule has 2 aromatic heterocycles. The molecule has 0 bridgehead atoms. The molecule has 0 aliphatic rings. The molecule has 0 aliphatic carbocycles. The number of hydrogen-bond acceptors (Lipinski definition) is 4. The zero-order valence-electron chi connectivity index (χ0n) is 10.0. The van der Waals surface area contributed by atoms with E-state index in [4.69, 9.17) is 11.6 Å². The molecule has 19 heavy (non-hydrogen) atoms. The summed E-state index contributed by atoms with van der Waals surface area (Å²) in [6.45, 7) is 0.691. The zero-order chi connectivity index (χ0) is 13.1. The Kier molecular flexibility index (Phi) is 3.25. The fourth-order valence-electron chi connectivity index (χ4n) is 1.76. The van der Waals surface area contributed by atoms with E-state index < -0.39 is 0 Å². The van der Waals surface area contributed by atoms with Crippen LogP contribution in [-0.4, -0.2) is 15.0 Å². The minimum atomic E-state index is 0.666. The molecule has 0 saturated carbocycles. The van der Waals surface area contributed by atoms with Gasteiger partial charge in [-0.3, -0.25) is 9.97 Å². The van der Waals surface area contributed by atoms with E-state index in [0.717, 1.165) is 22.4 Å². The van der Waals surface area contributed by atoms with Crippen LogP contribution in [-0.2, 0) is 6.54 Å². The van der Waals surface area contributed by atoms with Gasteiger partial charge in [-0.05, 0) is 35.9 Å². The first-order valence-corrected chi connectivity index (χ1v) is 6.24. The standard InChI is InChI=1S/C14H11ClN4/c15-11-1-2-12-13(7-11)17-9-14(19-12)18-8-10-3-5-16-6-4-10/h1-7,9H,8H2,(H,18,19). The van der Waals surface area contributed by atoms with Crippen molar-refractivity contribution >= 4 is 28.5 Å². The Morgan fingerprint density at radius 3 is 2.74 bits per heavy atom. The molecule has 0 unspecified atom stereocenters. The molecule has 3 aromatic rings. The van der Waals surface area contributed by atoms with Gasteiger partial charge >= 0.3 is 0 Å². The number of fused-ring (bicyclic) bond motifs is 1. The highest BCUT2D eigenvalue weighted by Gasteiger charge is 2.00. The van der Waals surface area contributed by atoms with Crippen molar-refractivity contribution < 1.29 is 0 Å². The van der Waals surface area contributed by atoms with Crippen molar-refractivity contribution in [2.75, 3.05) is 5.32 Å². The van der Waals surface area contributed by atoms with Crippen LogP contribution >= 0.6 is 11.6 Å². The summed E-state index contributed by atoms with van der Waals surface area (Å²) in [5.41, 5.74) is 2.76. The van der Waals surface area contributed by atoms with Gasteiger partial charge in [-0.25, -0.2) is 4.98 Å². The smallest absolute Gasteiger partial charge is 0.145 e. The second-order valence-corrected chi connectivity index (χ2v) is 4.53. The molecule has 94 valence electrons. The van der Waals surface area contributed by atoms with Gasteiger partial charge in [0.15, 0.2) is 0 Å². The molecule has 4 nitrogen and oxygen atoms in total. The summed E-state index contributed by atoms with van der Waals surface area (Å²) in [5, 5.41) is 3.90. The third-order valence-corrected chi connectivity index (χ3v) is 2.96. The topological polar surface area (TPSA) is 50.7 Å². The van der Waals surface area contributed by atoms with E-state index in [1.165, 1.54) is 0 Å². The molecule has 5 heteroatoms. The second-order valence-electron chi connectivity index (χ2n) is 4.10. The van der Waals surface area contributed by atoms with E-state index in [1.54, 1.807) is 24.7 Å². The van der Waals surface area contributed by atoms with Crippen LogP contribution in [0.5, 0.6) is 0 Å². The van der Waals surface area contributed by atoms with Crippen molar-refractivity contribution in [3.63, 3.8) is 0 Å². The van der Waals surface area contributed by atoms with Crippen molar-refractivity contribution in [3.8, 4) is 0 Å². The van der Waals surface area contributed by atoms with Gasteiger partial charge in [0, 0.05) is 24.0 Å². The highest BCUT2D eigenvalue weighted by molar-refractivity contribution is 6.31. The number of pyridine rings is 1. The maximum Gasteiger partial charge on any atom is 0.145 e. The fraction of sp³-hybridized carbons (Fsp3) is 0.0714. The predicted octanol–water partition coefficient (Wildman–Crippen LogP) is 3.29. The molecular weight excluding hydrogens is 260 g/mol. The van der Waals surface area contributed by atoms with Gasteiger partial charge in [0.05, 0.1) is 17.2 Å². The first kappa shape index (κ1) is 11.9. The Hall–Kier alpha value is -2.20. The average molecular weight is 271 g/mol. The van der Waals surface area contributed by atoms with Crippen molar-refractivity contribution in [2.45, 2.75) is 6.54 Å². The largest absolute Gasteiger partial charge is 0.365 e. The quantitative estimate of drug-likeness (QED) is 0.793. The second kappa shape index (κ2) is 5.20. The summed E-state index contributed by atoms with van der Waals surface area (Å²) in [6, 6.07) is 9.40. The van der Waals surface area contributed by atoms with Gasteiger partial charge in [-0.2, -0.15) is 0 Å². The number of halogens is 1. The van der Waals surface area contributed by atoms with Gasteiger partial charge < -0.3 is 5.32 Å². The number of anilines is 1. The molecule has 1 aromatic carbocycles. The van der Waals surface area contributed by atoms with Gasteiger partial charge in [0.25, 0.3) is 0 Å². The van der Waals surface area contributed by atoms with Crippen LogP contribution in [0.4, 0.5) is 5.82 Å². The normalized spacial score (nSPS) is 10.6. The van der Waals surface area contributed by atoms with Gasteiger partial charge in [0.2, 0.25) is 0 Å². The lowest BCUT2D eigenvalue weighted by molar-refractivity contribution is 1.09. The molecule has 1 N–H and O–H groups in total. The molecule has 0 amide bonds. The summed E-state index contributed by atoms with van der Waals surface area (Å²) >= 11 is 5.91. The van der Waals surface area contributed by atoms with Crippen molar-refractivity contribution in [1.82, 2.24) is 15.0 Å². The molecule has 0 saturated heterocycles. The van der Waals surface area contributed by atoms with E-state index in [9.17, 15) is 0 Å². The number of rotatable bonds is 3. The monoisotopic (exact) mass is 270 g/mol. The van der Waals surface area contributed by atoms with Gasteiger partial charge in [-0.15, -0.1) is 0 Å². The Labute approximate surface area is 115 Å². The number of nitrogens with zero attached hydrogens (tertiary/aromatic N) is 3. The van der Waals surface area contributed by atoms with Crippen LogP contribution in [0.2, 0.25) is 5.02 Å². The van der Waals surface area contributed by atoms with E-state index in [1.807, 2.05) is 24.3 Å². The first-order chi connectivity index (χ1) is 9.31. The molecule has 2 heterocycles. The Morgan fingerprint density at radius 1 is 1.05 bits per heavy atom. The van der Waals surface area contributed by atoms with E-state index in [2.05, 4.69) is 20.3 Å². The van der Waals surface area contributed by atoms with Crippen molar-refractivity contribution in [3.05, 3.63) is 59.5 Å². The van der Waals surface area contributed by atoms with Crippen LogP contribution in [0.25, 0.3) is 11.0 Å². The van der Waals surface area contributed by atoms with Crippen molar-refractivity contribution in [1.29, 1.82) is 0 Å². The Morgan fingerprint density at radius 2 is 1.89 bits per heavy atom. The lowest BCUT2D eigenvalue weighted by Gasteiger charge is -2.06. The maximum absolute atomic E-state index is 5.91. The van der Waals surface area contributed by atoms with Crippen LogP contribution in [0.15, 0.2) is 48.9 Å². The number of hydrogen-bond donors (Lipinski definition) is 1. The average Bonchev–Trinajstić information content (AvgIpc) is 2.46. The highest BCUT2D eigenvalue weighted by Crippen LogP contribution is 2.17. The lowest BCUT2D eigenvalue weighted by atomic mass is 10.3. The predicted molar refractivity (Wildman–Crippen MR) is 76.1 cm³/mol. The van der Waals surface area contributed by atoms with Crippen LogP contribution in [0, 0.1) is 0 Å². The molecule has 0 radical (unpaired) electrons. The van der Waals surface area contributed by atoms with E-state index in [-0.39, 0.29) is 0 Å². The molecule has 3 rings (SSSR count). The number of aromatic nitrogens is 3. The van der Waals surface area contributed by atoms with Crippen molar-refractivity contribution in [2.24, 2.45) is 0 Å². The molecule has 0 spiro atoms. The SMILES string of the molecule is Clc1ccc2nc(NCc3ccncc3)cnc2c1. The first-order valence-electron chi connectivity index (χ1n) is 5.86. The molecular formula is C14H11ClN4. The minimum Gasteiger partial charge on any atom is -0.365 e.